The van der Waals surface area contributed by atoms with Crippen molar-refractivity contribution >= 4 is 22.7 Å². The number of nitrogens with zero attached hydrogens (tertiary/aromatic N) is 2. The van der Waals surface area contributed by atoms with E-state index in [1.807, 2.05) is 30.5 Å². The Hall–Kier alpha value is -2.34. The van der Waals surface area contributed by atoms with E-state index in [-0.39, 0.29) is 18.4 Å². The number of rotatable bonds is 3. The van der Waals surface area contributed by atoms with Crippen LogP contribution in [0.2, 0.25) is 0 Å². The second-order valence-electron chi connectivity index (χ2n) is 6.96. The number of aromatic amines is 1. The Morgan fingerprint density at radius 3 is 2.80 bits per heavy atom. The maximum absolute atomic E-state index is 13.3. The van der Waals surface area contributed by atoms with Gasteiger partial charge in [-0.2, -0.15) is 0 Å². The molecule has 25 heavy (non-hydrogen) atoms. The smallest absolute Gasteiger partial charge is 0.255 e. The zero-order chi connectivity index (χ0) is 17.4. The highest BCUT2D eigenvalue weighted by Crippen LogP contribution is 2.39. The van der Waals surface area contributed by atoms with Gasteiger partial charge < -0.3 is 19.9 Å². The molecule has 2 fully saturated rings. The molecule has 2 aromatic rings. The van der Waals surface area contributed by atoms with Gasteiger partial charge >= 0.3 is 0 Å². The number of carbonyl (C=O) groups is 2. The topological polar surface area (TPSA) is 76.6 Å². The number of benzene rings is 1. The van der Waals surface area contributed by atoms with Crippen molar-refractivity contribution in [2.24, 2.45) is 0 Å². The fraction of sp³-hybridized carbons (Fsp3) is 0.474. The fourth-order valence-electron chi connectivity index (χ4n) is 4.47. The lowest BCUT2D eigenvalue weighted by atomic mass is 9.85. The van der Waals surface area contributed by atoms with E-state index < -0.39 is 5.54 Å². The normalized spacial score (nSPS) is 23.8. The zero-order valence-electron chi connectivity index (χ0n) is 14.2. The number of hydrogen-bond acceptors (Lipinski definition) is 3. The maximum Gasteiger partial charge on any atom is 0.255 e. The summed E-state index contributed by atoms with van der Waals surface area (Å²) in [4.78, 5) is 33.1. The Morgan fingerprint density at radius 1 is 1.20 bits per heavy atom. The van der Waals surface area contributed by atoms with Crippen LogP contribution < -0.4 is 0 Å². The lowest BCUT2D eigenvalue weighted by Crippen LogP contribution is -2.61. The van der Waals surface area contributed by atoms with Gasteiger partial charge in [-0.15, -0.1) is 0 Å². The van der Waals surface area contributed by atoms with Gasteiger partial charge in [-0.05, 0) is 43.9 Å². The van der Waals surface area contributed by atoms with Crippen LogP contribution in [0.3, 0.4) is 0 Å². The maximum atomic E-state index is 13.3. The number of likely N-dealkylation sites (tertiary alicyclic amines) is 2. The van der Waals surface area contributed by atoms with Crippen LogP contribution in [0.4, 0.5) is 0 Å². The number of β-amino-alcohol motifs (C(OH)–C–C–N with tert-alkyl or cyclic N) is 1. The van der Waals surface area contributed by atoms with Gasteiger partial charge in [0, 0.05) is 42.3 Å². The number of fused-ring (bicyclic) bond motifs is 1. The van der Waals surface area contributed by atoms with E-state index in [2.05, 4.69) is 4.98 Å². The van der Waals surface area contributed by atoms with Crippen molar-refractivity contribution in [2.75, 3.05) is 26.2 Å². The molecule has 1 aromatic heterocycles. The third kappa shape index (κ3) is 2.43. The molecule has 4 rings (SSSR count). The lowest BCUT2D eigenvalue weighted by Gasteiger charge is -2.44. The highest BCUT2D eigenvalue weighted by atomic mass is 16.3. The molecule has 6 nitrogen and oxygen atoms in total. The van der Waals surface area contributed by atoms with Gasteiger partial charge in [0.1, 0.15) is 5.54 Å². The number of aromatic nitrogens is 1. The first-order valence-corrected chi connectivity index (χ1v) is 8.96. The van der Waals surface area contributed by atoms with Crippen LogP contribution in [0.15, 0.2) is 30.5 Å². The first kappa shape index (κ1) is 16.1. The molecule has 0 radical (unpaired) electrons. The number of hydrogen-bond donors (Lipinski definition) is 2. The molecular formula is C19H23N3O3. The molecule has 1 aromatic carbocycles. The zero-order valence-corrected chi connectivity index (χ0v) is 14.2. The molecule has 6 heteroatoms. The van der Waals surface area contributed by atoms with Crippen molar-refractivity contribution in [1.82, 2.24) is 14.8 Å². The van der Waals surface area contributed by atoms with Crippen molar-refractivity contribution in [3.63, 3.8) is 0 Å². The molecule has 2 amide bonds. The van der Waals surface area contributed by atoms with Crippen molar-refractivity contribution in [2.45, 2.75) is 31.2 Å². The van der Waals surface area contributed by atoms with Crippen molar-refractivity contribution in [3.8, 4) is 0 Å². The molecule has 2 aliphatic heterocycles. The number of aliphatic hydroxyl groups excluding tert-OH is 1. The van der Waals surface area contributed by atoms with E-state index in [9.17, 15) is 14.7 Å². The molecule has 132 valence electrons. The Morgan fingerprint density at radius 2 is 2.00 bits per heavy atom. The van der Waals surface area contributed by atoms with Crippen LogP contribution in [0.25, 0.3) is 10.9 Å². The molecule has 2 aliphatic rings. The van der Waals surface area contributed by atoms with Crippen LogP contribution in [-0.2, 0) is 4.79 Å². The monoisotopic (exact) mass is 341 g/mol. The number of amides is 2. The summed E-state index contributed by atoms with van der Waals surface area (Å²) in [5.41, 5.74) is 0.839. The summed E-state index contributed by atoms with van der Waals surface area (Å²) < 4.78 is 0. The van der Waals surface area contributed by atoms with Crippen molar-refractivity contribution in [3.05, 3.63) is 36.0 Å². The van der Waals surface area contributed by atoms with Gasteiger partial charge in [-0.25, -0.2) is 0 Å². The van der Waals surface area contributed by atoms with E-state index in [4.69, 9.17) is 0 Å². The molecule has 1 atom stereocenters. The molecule has 3 heterocycles. The quantitative estimate of drug-likeness (QED) is 0.893. The van der Waals surface area contributed by atoms with E-state index in [0.29, 0.717) is 38.0 Å². The minimum absolute atomic E-state index is 0.0000985. The molecule has 2 N–H and O–H groups in total. The minimum Gasteiger partial charge on any atom is -0.395 e. The molecule has 0 saturated carbocycles. The van der Waals surface area contributed by atoms with Crippen LogP contribution in [0, 0.1) is 0 Å². The highest BCUT2D eigenvalue weighted by Gasteiger charge is 2.52. The Labute approximate surface area is 146 Å². The Bertz CT molecular complexity index is 813. The summed E-state index contributed by atoms with van der Waals surface area (Å²) in [5, 5.41) is 10.1. The summed E-state index contributed by atoms with van der Waals surface area (Å²) in [5.74, 6) is -0.0678. The Balaban J connectivity index is 1.70. The second-order valence-corrected chi connectivity index (χ2v) is 6.96. The van der Waals surface area contributed by atoms with Crippen LogP contribution >= 0.6 is 0 Å². The first-order valence-electron chi connectivity index (χ1n) is 8.96. The average molecular weight is 341 g/mol. The fourth-order valence-corrected chi connectivity index (χ4v) is 4.47. The number of aliphatic hydroxyl groups is 1. The number of carbonyl (C=O) groups excluding carboxylic acids is 2. The molecule has 2 saturated heterocycles. The molecule has 1 unspecified atom stereocenters. The average Bonchev–Trinajstić information content (AvgIpc) is 3.26. The standard InChI is InChI=1S/C19H23N3O3/c23-13-12-21-10-2-7-19(18(21)25)8-3-11-22(19)17(24)15-4-1-5-16-14(15)6-9-20-16/h1,4-6,9,20,23H,2-3,7-8,10-13H2. The van der Waals surface area contributed by atoms with Crippen molar-refractivity contribution in [1.29, 1.82) is 0 Å². The van der Waals surface area contributed by atoms with E-state index in [0.717, 1.165) is 23.7 Å². The molecule has 0 aliphatic carbocycles. The van der Waals surface area contributed by atoms with Gasteiger partial charge in [0.25, 0.3) is 5.91 Å². The first-order chi connectivity index (χ1) is 12.2. The van der Waals surface area contributed by atoms with Gasteiger partial charge in [-0.1, -0.05) is 6.07 Å². The number of nitrogens with one attached hydrogen (secondary N) is 1. The summed E-state index contributed by atoms with van der Waals surface area (Å²) in [7, 11) is 0. The molecule has 0 bridgehead atoms. The minimum atomic E-state index is -0.733. The van der Waals surface area contributed by atoms with Gasteiger partial charge in [0.05, 0.1) is 6.61 Å². The molecular weight excluding hydrogens is 318 g/mol. The van der Waals surface area contributed by atoms with Crippen LogP contribution in [0.5, 0.6) is 0 Å². The second kappa shape index (κ2) is 6.19. The Kier molecular flexibility index (Phi) is 4.00. The summed E-state index contributed by atoms with van der Waals surface area (Å²) in [6.45, 7) is 1.57. The predicted octanol–water partition coefficient (Wildman–Crippen LogP) is 1.76. The van der Waals surface area contributed by atoms with Gasteiger partial charge in [-0.3, -0.25) is 9.59 Å². The van der Waals surface area contributed by atoms with Crippen LogP contribution in [0.1, 0.15) is 36.0 Å². The molecule has 1 spiro atoms. The van der Waals surface area contributed by atoms with Crippen LogP contribution in [-0.4, -0.2) is 63.5 Å². The van der Waals surface area contributed by atoms with Crippen molar-refractivity contribution < 1.29 is 14.7 Å². The summed E-state index contributed by atoms with van der Waals surface area (Å²) in [6, 6.07) is 7.56. The van der Waals surface area contributed by atoms with E-state index in [1.165, 1.54) is 0 Å². The van der Waals surface area contributed by atoms with E-state index in [1.54, 1.807) is 9.80 Å². The van der Waals surface area contributed by atoms with E-state index >= 15 is 0 Å². The number of piperidine rings is 1. The highest BCUT2D eigenvalue weighted by molar-refractivity contribution is 6.08. The largest absolute Gasteiger partial charge is 0.395 e. The number of H-pyrrole nitrogens is 1. The predicted molar refractivity (Wildman–Crippen MR) is 94.2 cm³/mol. The van der Waals surface area contributed by atoms with Gasteiger partial charge in [0.15, 0.2) is 0 Å². The summed E-state index contributed by atoms with van der Waals surface area (Å²) in [6.07, 6.45) is 4.96. The summed E-state index contributed by atoms with van der Waals surface area (Å²) >= 11 is 0. The lowest BCUT2D eigenvalue weighted by molar-refractivity contribution is -0.146. The third-order valence-corrected chi connectivity index (χ3v) is 5.63. The third-order valence-electron chi connectivity index (χ3n) is 5.63. The van der Waals surface area contributed by atoms with Gasteiger partial charge in [0.2, 0.25) is 5.91 Å². The SMILES string of the molecule is O=C(c1cccc2[nH]ccc12)N1CCCC12CCCN(CCO)C2=O.